The molecule has 2 aliphatic rings. The van der Waals surface area contributed by atoms with Gasteiger partial charge in [-0.05, 0) is 41.2 Å². The Morgan fingerprint density at radius 3 is 2.35 bits per heavy atom. The molecule has 0 spiro atoms. The van der Waals surface area contributed by atoms with E-state index in [1.165, 1.54) is 0 Å². The van der Waals surface area contributed by atoms with Crippen molar-refractivity contribution in [3.8, 4) is 0 Å². The van der Waals surface area contributed by atoms with Crippen LogP contribution in [0, 0.1) is 0 Å². The average molecular weight is 332 g/mol. The minimum atomic E-state index is -2.59. The first-order chi connectivity index (χ1) is 10.7. The molecule has 0 N–H and O–H groups in total. The molecule has 0 aliphatic carbocycles. The molecule has 0 bridgehead atoms. The number of piperazine rings is 1. The number of likely N-dealkylation sites (N-methyl/N-ethyl adjacent to an activating group) is 4. The summed E-state index contributed by atoms with van der Waals surface area (Å²) in [6.45, 7) is 10.4. The topological polar surface area (TPSA) is 13.0 Å². The van der Waals surface area contributed by atoms with E-state index in [4.69, 9.17) is 0 Å². The van der Waals surface area contributed by atoms with Crippen LogP contribution in [0.3, 0.4) is 0 Å². The van der Waals surface area contributed by atoms with Crippen LogP contribution in [-0.2, 0) is 0 Å². The van der Waals surface area contributed by atoms with E-state index in [0.29, 0.717) is 18.6 Å². The highest BCUT2D eigenvalue weighted by Crippen LogP contribution is 2.38. The number of alkyl halides is 2. The SMILES string of the molecule is CCN(C)C(C)C1CN(C)CC(C2N(C)CCC2(F)F)N1CC. The number of rotatable bonds is 5. The Labute approximate surface area is 140 Å². The van der Waals surface area contributed by atoms with Crippen LogP contribution in [-0.4, -0.2) is 104 Å². The van der Waals surface area contributed by atoms with Crippen molar-refractivity contribution < 1.29 is 8.78 Å². The molecule has 23 heavy (non-hydrogen) atoms. The van der Waals surface area contributed by atoms with Crippen molar-refractivity contribution in [2.45, 2.75) is 57.3 Å². The highest BCUT2D eigenvalue weighted by molar-refractivity contribution is 5.05. The van der Waals surface area contributed by atoms with E-state index in [9.17, 15) is 8.78 Å². The molecule has 0 amide bonds. The minimum Gasteiger partial charge on any atom is -0.303 e. The fourth-order valence-corrected chi connectivity index (χ4v) is 4.44. The molecule has 2 aliphatic heterocycles. The molecule has 2 rings (SSSR count). The Morgan fingerprint density at radius 2 is 1.87 bits per heavy atom. The molecule has 0 aromatic heterocycles. The minimum absolute atomic E-state index is 0.0129. The third kappa shape index (κ3) is 3.70. The normalized spacial score (nSPS) is 35.1. The second-order valence-corrected chi connectivity index (χ2v) is 7.44. The maximum atomic E-state index is 14.5. The third-order valence-electron chi connectivity index (χ3n) is 6.04. The first-order valence-electron chi connectivity index (χ1n) is 8.95. The standard InChI is InChI=1S/C17H34F2N4/c1-7-21(5)13(3)14-11-20(4)12-15(23(14)8-2)16-17(18,19)9-10-22(16)6/h13-16H,7-12H2,1-6H3. The smallest absolute Gasteiger partial charge is 0.266 e. The van der Waals surface area contributed by atoms with Gasteiger partial charge in [0.1, 0.15) is 0 Å². The van der Waals surface area contributed by atoms with E-state index >= 15 is 0 Å². The second-order valence-electron chi connectivity index (χ2n) is 7.44. The van der Waals surface area contributed by atoms with Crippen LogP contribution in [0.4, 0.5) is 8.78 Å². The molecule has 0 radical (unpaired) electrons. The lowest BCUT2D eigenvalue weighted by atomic mass is 9.92. The lowest BCUT2D eigenvalue weighted by Crippen LogP contribution is -2.68. The van der Waals surface area contributed by atoms with Crippen molar-refractivity contribution in [2.24, 2.45) is 0 Å². The van der Waals surface area contributed by atoms with Crippen LogP contribution in [0.2, 0.25) is 0 Å². The van der Waals surface area contributed by atoms with Crippen molar-refractivity contribution in [1.29, 1.82) is 0 Å². The first kappa shape index (κ1) is 19.0. The molecule has 4 atom stereocenters. The van der Waals surface area contributed by atoms with Gasteiger partial charge >= 0.3 is 0 Å². The van der Waals surface area contributed by atoms with Crippen LogP contribution in [0.5, 0.6) is 0 Å². The van der Waals surface area contributed by atoms with Gasteiger partial charge in [0.2, 0.25) is 0 Å². The molecule has 136 valence electrons. The molecule has 0 aromatic carbocycles. The zero-order valence-corrected chi connectivity index (χ0v) is 15.6. The van der Waals surface area contributed by atoms with Gasteiger partial charge in [-0.25, -0.2) is 8.78 Å². The zero-order valence-electron chi connectivity index (χ0n) is 15.6. The Bertz CT molecular complexity index is 393. The lowest BCUT2D eigenvalue weighted by molar-refractivity contribution is -0.0963. The fourth-order valence-electron chi connectivity index (χ4n) is 4.44. The Hall–Kier alpha value is -0.300. The molecular formula is C17H34F2N4. The van der Waals surface area contributed by atoms with Gasteiger partial charge in [0.05, 0.1) is 6.04 Å². The predicted octanol–water partition coefficient (Wildman–Crippen LogP) is 1.67. The molecule has 6 heteroatoms. The van der Waals surface area contributed by atoms with E-state index in [-0.39, 0.29) is 12.5 Å². The summed E-state index contributed by atoms with van der Waals surface area (Å²) in [7, 11) is 6.04. The predicted molar refractivity (Wildman–Crippen MR) is 91.2 cm³/mol. The van der Waals surface area contributed by atoms with Crippen molar-refractivity contribution in [2.75, 3.05) is 53.9 Å². The average Bonchev–Trinajstić information content (AvgIpc) is 2.77. The summed E-state index contributed by atoms with van der Waals surface area (Å²) in [6, 6.07) is -0.144. The molecule has 4 unspecified atom stereocenters. The maximum absolute atomic E-state index is 14.5. The van der Waals surface area contributed by atoms with Gasteiger partial charge in [0, 0.05) is 44.2 Å². The Kier molecular flexibility index (Phi) is 6.04. The van der Waals surface area contributed by atoms with Crippen LogP contribution in [0.15, 0.2) is 0 Å². The molecule has 2 saturated heterocycles. The van der Waals surface area contributed by atoms with Crippen molar-refractivity contribution in [3.05, 3.63) is 0 Å². The van der Waals surface area contributed by atoms with Gasteiger partial charge < -0.3 is 9.80 Å². The summed E-state index contributed by atoms with van der Waals surface area (Å²) in [5.74, 6) is -2.59. The number of hydrogen-bond acceptors (Lipinski definition) is 4. The van der Waals surface area contributed by atoms with Gasteiger partial charge in [-0.2, -0.15) is 0 Å². The zero-order chi connectivity index (χ0) is 17.4. The Morgan fingerprint density at radius 1 is 1.22 bits per heavy atom. The summed E-state index contributed by atoms with van der Waals surface area (Å²) < 4.78 is 29.1. The second kappa shape index (κ2) is 7.30. The number of likely N-dealkylation sites (tertiary alicyclic amines) is 1. The summed E-state index contributed by atoms with van der Waals surface area (Å²) >= 11 is 0. The van der Waals surface area contributed by atoms with Gasteiger partial charge in [-0.1, -0.05) is 13.8 Å². The van der Waals surface area contributed by atoms with Crippen molar-refractivity contribution in [1.82, 2.24) is 19.6 Å². The summed E-state index contributed by atoms with van der Waals surface area (Å²) in [4.78, 5) is 8.78. The number of nitrogens with zero attached hydrogens (tertiary/aromatic N) is 4. The van der Waals surface area contributed by atoms with Crippen LogP contribution in [0.1, 0.15) is 27.2 Å². The quantitative estimate of drug-likeness (QED) is 0.759. The maximum Gasteiger partial charge on any atom is 0.266 e. The summed E-state index contributed by atoms with van der Waals surface area (Å²) in [6.07, 6.45) is -0.0129. The van der Waals surface area contributed by atoms with E-state index in [1.807, 2.05) is 11.9 Å². The first-order valence-corrected chi connectivity index (χ1v) is 8.95. The highest BCUT2D eigenvalue weighted by atomic mass is 19.3. The van der Waals surface area contributed by atoms with Gasteiger partial charge in [-0.3, -0.25) is 9.80 Å². The van der Waals surface area contributed by atoms with Gasteiger partial charge in [0.15, 0.2) is 0 Å². The molecular weight excluding hydrogens is 298 g/mol. The summed E-state index contributed by atoms with van der Waals surface area (Å²) in [5.41, 5.74) is 0. The van der Waals surface area contributed by atoms with Crippen LogP contribution >= 0.6 is 0 Å². The largest absolute Gasteiger partial charge is 0.303 e. The van der Waals surface area contributed by atoms with Crippen LogP contribution in [0.25, 0.3) is 0 Å². The molecule has 2 heterocycles. The van der Waals surface area contributed by atoms with E-state index in [1.54, 1.807) is 0 Å². The van der Waals surface area contributed by atoms with Crippen LogP contribution < -0.4 is 0 Å². The van der Waals surface area contributed by atoms with E-state index < -0.39 is 12.0 Å². The molecule has 0 saturated carbocycles. The van der Waals surface area contributed by atoms with Gasteiger partial charge in [0.25, 0.3) is 5.92 Å². The highest BCUT2D eigenvalue weighted by Gasteiger charge is 2.54. The number of halogens is 2. The van der Waals surface area contributed by atoms with Crippen molar-refractivity contribution in [3.63, 3.8) is 0 Å². The molecule has 4 nitrogen and oxygen atoms in total. The Balaban J connectivity index is 2.27. The molecule has 0 aromatic rings. The van der Waals surface area contributed by atoms with E-state index in [0.717, 1.165) is 26.2 Å². The summed E-state index contributed by atoms with van der Waals surface area (Å²) in [5, 5.41) is 0. The monoisotopic (exact) mass is 332 g/mol. The third-order valence-corrected chi connectivity index (χ3v) is 6.04. The van der Waals surface area contributed by atoms with Crippen molar-refractivity contribution >= 4 is 0 Å². The van der Waals surface area contributed by atoms with E-state index in [2.05, 4.69) is 49.6 Å². The van der Waals surface area contributed by atoms with Gasteiger partial charge in [-0.15, -0.1) is 0 Å². The molecule has 2 fully saturated rings. The fraction of sp³-hybridized carbons (Fsp3) is 1.00. The lowest BCUT2D eigenvalue weighted by Gasteiger charge is -2.52. The number of hydrogen-bond donors (Lipinski definition) is 0.